The van der Waals surface area contributed by atoms with Gasteiger partial charge < -0.3 is 9.90 Å². The first-order chi connectivity index (χ1) is 8.72. The number of nitrogens with one attached hydrogen (secondary N) is 1. The van der Waals surface area contributed by atoms with E-state index in [4.69, 9.17) is 5.53 Å². The molecule has 0 unspecified atom stereocenters. The highest BCUT2D eigenvalue weighted by Gasteiger charge is 2.13. The summed E-state index contributed by atoms with van der Waals surface area (Å²) in [5.41, 5.74) is 9.55. The molecule has 0 atom stereocenters. The number of carboxylic acids is 1. The van der Waals surface area contributed by atoms with Gasteiger partial charge >= 0.3 is 0 Å². The number of hydrogen-bond acceptors (Lipinski definition) is 4. The van der Waals surface area contributed by atoms with Crippen LogP contribution in [0.4, 0.5) is 0 Å². The van der Waals surface area contributed by atoms with Crippen LogP contribution in [0.1, 0.15) is 29.5 Å². The molecule has 5 heteroatoms. The second-order valence-electron chi connectivity index (χ2n) is 4.21. The lowest BCUT2D eigenvalue weighted by molar-refractivity contribution is -0.299. The SMILES string of the molecule is N=[N+]=N/C(=C\c1cccc2c1CCCC2)C(=O)[O-]. The molecule has 2 rings (SSSR count). The fraction of sp³-hybridized carbons (Fsp3) is 0.308. The molecule has 0 aromatic heterocycles. The summed E-state index contributed by atoms with van der Waals surface area (Å²) in [7, 11) is 0. The van der Waals surface area contributed by atoms with Crippen molar-refractivity contribution in [3.8, 4) is 0 Å². The molecule has 0 bridgehead atoms. The molecule has 0 fully saturated rings. The summed E-state index contributed by atoms with van der Waals surface area (Å²) in [6, 6.07) is 5.82. The molecule has 92 valence electrons. The highest BCUT2D eigenvalue weighted by Crippen LogP contribution is 2.25. The summed E-state index contributed by atoms with van der Waals surface area (Å²) in [6.45, 7) is 0. The number of benzene rings is 1. The third kappa shape index (κ3) is 2.52. The Morgan fingerprint density at radius 1 is 1.39 bits per heavy atom. The third-order valence-corrected chi connectivity index (χ3v) is 3.09. The van der Waals surface area contributed by atoms with Gasteiger partial charge in [-0.05, 0) is 48.4 Å². The summed E-state index contributed by atoms with van der Waals surface area (Å²) in [5.74, 6) is -1.42. The first kappa shape index (κ1) is 12.2. The van der Waals surface area contributed by atoms with Gasteiger partial charge in [0, 0.05) is 0 Å². The van der Waals surface area contributed by atoms with Crippen LogP contribution in [-0.2, 0) is 17.6 Å². The molecule has 0 saturated carbocycles. The predicted octanol–water partition coefficient (Wildman–Crippen LogP) is 1.21. The maximum absolute atomic E-state index is 10.8. The van der Waals surface area contributed by atoms with Crippen molar-refractivity contribution in [3.05, 3.63) is 40.6 Å². The smallest absolute Gasteiger partial charge is 0.220 e. The molecule has 1 aliphatic carbocycles. The molecular weight excluding hydrogens is 230 g/mol. The van der Waals surface area contributed by atoms with Crippen LogP contribution >= 0.6 is 0 Å². The predicted molar refractivity (Wildman–Crippen MR) is 63.3 cm³/mol. The maximum Gasteiger partial charge on any atom is 0.220 e. The molecule has 0 spiro atoms. The van der Waals surface area contributed by atoms with Crippen LogP contribution in [0.2, 0.25) is 0 Å². The standard InChI is InChI=1S/C13H13N3O2/c14-16-15-12(13(17)18)8-10-6-3-5-9-4-1-2-7-11(9)10/h3,5-6,8,14H,1-2,4,7H2/b12-8-. The molecule has 0 heterocycles. The van der Waals surface area contributed by atoms with E-state index >= 15 is 0 Å². The molecule has 1 aromatic rings. The van der Waals surface area contributed by atoms with Crippen molar-refractivity contribution in [1.82, 2.24) is 4.91 Å². The first-order valence-electron chi connectivity index (χ1n) is 5.83. The van der Waals surface area contributed by atoms with Gasteiger partial charge in [0.15, 0.2) is 10.8 Å². The molecule has 0 aliphatic heterocycles. The second kappa shape index (κ2) is 5.38. The quantitative estimate of drug-likeness (QED) is 0.491. The van der Waals surface area contributed by atoms with Crippen LogP contribution in [0.5, 0.6) is 0 Å². The molecule has 1 aromatic carbocycles. The van der Waals surface area contributed by atoms with Gasteiger partial charge in [-0.3, -0.25) is 0 Å². The topological polar surface area (TPSA) is 90.4 Å². The zero-order valence-electron chi connectivity index (χ0n) is 9.85. The lowest BCUT2D eigenvalue weighted by Crippen LogP contribution is -2.23. The Bertz CT molecular complexity index is 553. The van der Waals surface area contributed by atoms with E-state index in [-0.39, 0.29) is 5.70 Å². The monoisotopic (exact) mass is 243 g/mol. The van der Waals surface area contributed by atoms with Crippen molar-refractivity contribution in [2.75, 3.05) is 0 Å². The number of aliphatic carboxylic acids is 1. The van der Waals surface area contributed by atoms with Gasteiger partial charge in [-0.2, -0.15) is 0 Å². The molecule has 18 heavy (non-hydrogen) atoms. The molecule has 0 saturated heterocycles. The van der Waals surface area contributed by atoms with Crippen LogP contribution < -0.4 is 10.0 Å². The Morgan fingerprint density at radius 3 is 2.89 bits per heavy atom. The maximum atomic E-state index is 10.8. The number of carboxylic acid groups (broad SMARTS) is 1. The molecule has 1 aliphatic rings. The first-order valence-corrected chi connectivity index (χ1v) is 5.83. The van der Waals surface area contributed by atoms with E-state index in [9.17, 15) is 9.90 Å². The molecule has 5 nitrogen and oxygen atoms in total. The van der Waals surface area contributed by atoms with Gasteiger partial charge in [0.2, 0.25) is 4.91 Å². The van der Waals surface area contributed by atoms with E-state index < -0.39 is 5.97 Å². The number of fused-ring (bicyclic) bond motifs is 1. The average molecular weight is 243 g/mol. The average Bonchev–Trinajstić information content (AvgIpc) is 2.38. The largest absolute Gasteiger partial charge is 0.543 e. The van der Waals surface area contributed by atoms with E-state index in [0.717, 1.165) is 24.8 Å². The van der Waals surface area contributed by atoms with Gasteiger partial charge in [0.05, 0.1) is 5.97 Å². The van der Waals surface area contributed by atoms with Crippen LogP contribution in [0.3, 0.4) is 0 Å². The summed E-state index contributed by atoms with van der Waals surface area (Å²) < 4.78 is 0. The lowest BCUT2D eigenvalue weighted by Gasteiger charge is -2.17. The van der Waals surface area contributed by atoms with Crippen molar-refractivity contribution in [3.63, 3.8) is 0 Å². The van der Waals surface area contributed by atoms with Crippen molar-refractivity contribution in [2.45, 2.75) is 25.7 Å². The minimum absolute atomic E-state index is 0.316. The zero-order valence-corrected chi connectivity index (χ0v) is 9.85. The van der Waals surface area contributed by atoms with Crippen LogP contribution in [-0.4, -0.2) is 5.97 Å². The molecule has 0 radical (unpaired) electrons. The number of carbonyl (C=O) groups is 1. The summed E-state index contributed by atoms with van der Waals surface area (Å²) in [6.07, 6.45) is 5.67. The van der Waals surface area contributed by atoms with Gasteiger partial charge in [-0.25, -0.2) is 0 Å². The van der Waals surface area contributed by atoms with Crippen molar-refractivity contribution >= 4 is 12.0 Å². The minimum atomic E-state index is -1.42. The Hall–Kier alpha value is -2.26. The van der Waals surface area contributed by atoms with Gasteiger partial charge in [-0.1, -0.05) is 18.2 Å². The van der Waals surface area contributed by atoms with Gasteiger partial charge in [-0.15, -0.1) is 0 Å². The van der Waals surface area contributed by atoms with Crippen LogP contribution in [0.25, 0.3) is 6.08 Å². The minimum Gasteiger partial charge on any atom is -0.543 e. The van der Waals surface area contributed by atoms with Gasteiger partial charge in [0.1, 0.15) is 5.53 Å². The highest BCUT2D eigenvalue weighted by molar-refractivity contribution is 5.90. The van der Waals surface area contributed by atoms with Crippen molar-refractivity contribution in [1.29, 1.82) is 5.53 Å². The van der Waals surface area contributed by atoms with E-state index in [0.29, 0.717) is 0 Å². The molecular formula is C13H13N3O2. The second-order valence-corrected chi connectivity index (χ2v) is 4.21. The number of nitrogens with zero attached hydrogens (tertiary/aromatic N) is 2. The van der Waals surface area contributed by atoms with Crippen LogP contribution in [0.15, 0.2) is 29.0 Å². The number of carbonyl (C=O) groups excluding carboxylic acids is 1. The van der Waals surface area contributed by atoms with Crippen molar-refractivity contribution in [2.24, 2.45) is 5.11 Å². The normalized spacial score (nSPS) is 14.6. The van der Waals surface area contributed by atoms with E-state index in [1.54, 1.807) is 0 Å². The fourth-order valence-corrected chi connectivity index (χ4v) is 2.28. The fourth-order valence-electron chi connectivity index (χ4n) is 2.28. The Labute approximate surface area is 104 Å². The van der Waals surface area contributed by atoms with E-state index in [1.807, 2.05) is 12.1 Å². The Kier molecular flexibility index (Phi) is 3.65. The number of hydrogen-bond donors (Lipinski definition) is 1. The summed E-state index contributed by atoms with van der Waals surface area (Å²) >= 11 is 0. The number of rotatable bonds is 3. The zero-order chi connectivity index (χ0) is 13.0. The van der Waals surface area contributed by atoms with Crippen molar-refractivity contribution < 1.29 is 9.90 Å². The lowest BCUT2D eigenvalue weighted by atomic mass is 9.88. The van der Waals surface area contributed by atoms with E-state index in [1.165, 1.54) is 23.6 Å². The molecule has 1 N–H and O–H groups in total. The number of aryl methyl sites for hydroxylation is 1. The third-order valence-electron chi connectivity index (χ3n) is 3.09. The Balaban J connectivity index is 2.47. The van der Waals surface area contributed by atoms with Gasteiger partial charge in [0.25, 0.3) is 0 Å². The Morgan fingerprint density at radius 2 is 2.17 bits per heavy atom. The highest BCUT2D eigenvalue weighted by atomic mass is 16.4. The van der Waals surface area contributed by atoms with E-state index in [2.05, 4.69) is 16.1 Å². The molecule has 0 amide bonds. The summed E-state index contributed by atoms with van der Waals surface area (Å²) in [5, 5.41) is 14.1. The van der Waals surface area contributed by atoms with Crippen LogP contribution in [0, 0.1) is 5.53 Å². The summed E-state index contributed by atoms with van der Waals surface area (Å²) in [4.78, 5) is 13.6.